The molecule has 6 rings (SSSR count). The maximum absolute atomic E-state index is 15.1. The number of hydrogen-bond acceptors (Lipinski definition) is 4. The fraction of sp³-hybridized carbons (Fsp3) is 0.290. The first kappa shape index (κ1) is 28.5. The molecule has 4 aromatic rings. The van der Waals surface area contributed by atoms with Gasteiger partial charge in [0.2, 0.25) is 5.91 Å². The Balaban J connectivity index is 1.30. The molecule has 1 saturated heterocycles. The van der Waals surface area contributed by atoms with Crippen LogP contribution >= 0.6 is 0 Å². The van der Waals surface area contributed by atoms with E-state index in [2.05, 4.69) is 10.1 Å². The number of pyridine rings is 1. The summed E-state index contributed by atoms with van der Waals surface area (Å²) in [5.41, 5.74) is 0.620. The highest BCUT2D eigenvalue weighted by Gasteiger charge is 2.40. The third kappa shape index (κ3) is 5.04. The quantitative estimate of drug-likeness (QED) is 0.267. The van der Waals surface area contributed by atoms with Gasteiger partial charge in [-0.25, -0.2) is 13.5 Å². The molecule has 2 aliphatic heterocycles. The zero-order valence-corrected chi connectivity index (χ0v) is 23.2. The van der Waals surface area contributed by atoms with Crippen molar-refractivity contribution in [3.05, 3.63) is 94.9 Å². The predicted molar refractivity (Wildman–Crippen MR) is 148 cm³/mol. The largest absolute Gasteiger partial charge is 0.419 e. The predicted octanol–water partition coefficient (Wildman–Crippen LogP) is 6.12. The van der Waals surface area contributed by atoms with E-state index in [9.17, 15) is 27.2 Å². The molecule has 1 fully saturated rings. The van der Waals surface area contributed by atoms with Crippen molar-refractivity contribution in [2.24, 2.45) is 0 Å². The number of carbonyl (C=O) groups is 2. The van der Waals surface area contributed by atoms with Gasteiger partial charge >= 0.3 is 6.18 Å². The van der Waals surface area contributed by atoms with Gasteiger partial charge in [0.1, 0.15) is 11.6 Å². The van der Waals surface area contributed by atoms with E-state index in [4.69, 9.17) is 0 Å². The number of hydrogen-bond donors (Lipinski definition) is 0. The van der Waals surface area contributed by atoms with Crippen LogP contribution in [0.4, 0.5) is 27.6 Å². The Hall–Kier alpha value is -4.61. The smallest absolute Gasteiger partial charge is 0.334 e. The molecule has 2 aromatic heterocycles. The number of rotatable bonds is 4. The van der Waals surface area contributed by atoms with Gasteiger partial charge < -0.3 is 9.80 Å². The number of aryl methyl sites for hydroxylation is 1. The maximum atomic E-state index is 15.1. The van der Waals surface area contributed by atoms with Gasteiger partial charge in [0.05, 0.1) is 29.1 Å². The molecule has 2 atom stereocenters. The van der Waals surface area contributed by atoms with Crippen LogP contribution in [0.5, 0.6) is 0 Å². The second-order valence-electron chi connectivity index (χ2n) is 10.9. The first-order valence-corrected chi connectivity index (χ1v) is 13.7. The summed E-state index contributed by atoms with van der Waals surface area (Å²) in [6.07, 6.45) is -1.01. The van der Waals surface area contributed by atoms with E-state index < -0.39 is 29.3 Å². The lowest BCUT2D eigenvalue weighted by Crippen LogP contribution is -2.52. The third-order valence-electron chi connectivity index (χ3n) is 8.10. The maximum Gasteiger partial charge on any atom is 0.419 e. The third-order valence-corrected chi connectivity index (χ3v) is 8.10. The monoisotopic (exact) mass is 595 g/mol. The number of alkyl halides is 3. The van der Waals surface area contributed by atoms with Crippen molar-refractivity contribution in [2.75, 3.05) is 11.4 Å². The van der Waals surface area contributed by atoms with E-state index in [1.165, 1.54) is 28.0 Å². The van der Waals surface area contributed by atoms with Gasteiger partial charge in [-0.3, -0.25) is 14.6 Å². The first-order chi connectivity index (χ1) is 20.4. The summed E-state index contributed by atoms with van der Waals surface area (Å²) >= 11 is 0. The van der Waals surface area contributed by atoms with E-state index in [1.807, 2.05) is 6.92 Å². The Morgan fingerprint density at radius 1 is 1.07 bits per heavy atom. The highest BCUT2D eigenvalue weighted by atomic mass is 19.4. The van der Waals surface area contributed by atoms with Crippen LogP contribution in [0.25, 0.3) is 16.9 Å². The Bertz CT molecular complexity index is 1740. The molecule has 0 aliphatic carbocycles. The summed E-state index contributed by atoms with van der Waals surface area (Å²) in [6.45, 7) is 3.73. The van der Waals surface area contributed by atoms with Crippen molar-refractivity contribution in [1.82, 2.24) is 19.7 Å². The van der Waals surface area contributed by atoms with Gasteiger partial charge in [-0.15, -0.1) is 0 Å². The lowest BCUT2D eigenvalue weighted by Gasteiger charge is -2.41. The summed E-state index contributed by atoms with van der Waals surface area (Å²) in [7, 11) is 0. The van der Waals surface area contributed by atoms with Crippen molar-refractivity contribution in [1.29, 1.82) is 0 Å². The van der Waals surface area contributed by atoms with Crippen LogP contribution in [0.2, 0.25) is 0 Å². The molecule has 2 amide bonds. The van der Waals surface area contributed by atoms with Crippen LogP contribution in [0.3, 0.4) is 0 Å². The van der Waals surface area contributed by atoms with E-state index in [0.717, 1.165) is 6.07 Å². The molecule has 0 N–H and O–H groups in total. The number of fused-ring (bicyclic) bond motifs is 1. The summed E-state index contributed by atoms with van der Waals surface area (Å²) in [6, 6.07) is 10.0. The Kier molecular flexibility index (Phi) is 7.02. The van der Waals surface area contributed by atoms with E-state index in [0.29, 0.717) is 53.0 Å². The summed E-state index contributed by atoms with van der Waals surface area (Å²) in [5, 5.41) is 4.37. The number of nitrogens with zero attached hydrogens (tertiary/aromatic N) is 5. The average molecular weight is 596 g/mol. The lowest BCUT2D eigenvalue weighted by atomic mass is 9.96. The molecule has 222 valence electrons. The average Bonchev–Trinajstić information content (AvgIpc) is 3.56. The molecule has 7 nitrogen and oxygen atoms in total. The minimum absolute atomic E-state index is 0.0219. The van der Waals surface area contributed by atoms with E-state index in [1.54, 1.807) is 36.1 Å². The Labute approximate surface area is 243 Å². The van der Waals surface area contributed by atoms with Crippen molar-refractivity contribution in [2.45, 2.75) is 51.4 Å². The Morgan fingerprint density at radius 3 is 2.56 bits per heavy atom. The number of piperidine rings is 1. The molecule has 2 aliphatic rings. The van der Waals surface area contributed by atoms with E-state index >= 15 is 4.39 Å². The van der Waals surface area contributed by atoms with Gasteiger partial charge in [0, 0.05) is 36.6 Å². The highest BCUT2D eigenvalue weighted by Crippen LogP contribution is 2.38. The fourth-order valence-electron chi connectivity index (χ4n) is 5.96. The zero-order chi connectivity index (χ0) is 30.6. The molecular formula is C31H26F5N5O2. The van der Waals surface area contributed by atoms with Gasteiger partial charge in [-0.05, 0) is 74.2 Å². The number of carbonyl (C=O) groups excluding carboxylic acids is 2. The van der Waals surface area contributed by atoms with Crippen LogP contribution in [0, 0.1) is 18.6 Å². The molecule has 0 bridgehead atoms. The molecule has 0 saturated carbocycles. The molecule has 0 radical (unpaired) electrons. The van der Waals surface area contributed by atoms with E-state index in [-0.39, 0.29) is 42.3 Å². The van der Waals surface area contributed by atoms with Crippen molar-refractivity contribution >= 4 is 17.5 Å². The standard InChI is InChI=1S/C31H26F5N5O2/c1-17-5-6-19-13-27(42)40(29(19)28(17)33)21-9-11-39(18(2)12-21)30(43)25-15-26(20-4-3-10-37-16-20)41(38-25)22-7-8-24(32)23(14-22)31(34,35)36/h3-8,10,14-16,18,21H,9,11-13H2,1-2H3. The molecule has 0 spiro atoms. The molecule has 12 heteroatoms. The van der Waals surface area contributed by atoms with Crippen LogP contribution in [-0.4, -0.2) is 50.1 Å². The minimum atomic E-state index is -4.93. The fourth-order valence-corrected chi connectivity index (χ4v) is 5.96. The van der Waals surface area contributed by atoms with Crippen LogP contribution in [-0.2, 0) is 17.4 Å². The first-order valence-electron chi connectivity index (χ1n) is 13.7. The topological polar surface area (TPSA) is 71.3 Å². The van der Waals surface area contributed by atoms with Crippen LogP contribution in [0.1, 0.15) is 46.9 Å². The minimum Gasteiger partial charge on any atom is -0.334 e. The summed E-state index contributed by atoms with van der Waals surface area (Å²) in [4.78, 5) is 33.9. The Morgan fingerprint density at radius 2 is 1.86 bits per heavy atom. The number of benzene rings is 2. The van der Waals surface area contributed by atoms with Gasteiger partial charge in [0.15, 0.2) is 5.69 Å². The number of anilines is 1. The highest BCUT2D eigenvalue weighted by molar-refractivity contribution is 6.02. The van der Waals surface area contributed by atoms with Crippen molar-refractivity contribution in [3.63, 3.8) is 0 Å². The van der Waals surface area contributed by atoms with Crippen molar-refractivity contribution in [3.8, 4) is 16.9 Å². The second kappa shape index (κ2) is 10.6. The molecule has 2 unspecified atom stereocenters. The molecule has 4 heterocycles. The van der Waals surface area contributed by atoms with Gasteiger partial charge in [-0.2, -0.15) is 18.3 Å². The molecule has 43 heavy (non-hydrogen) atoms. The second-order valence-corrected chi connectivity index (χ2v) is 10.9. The number of likely N-dealkylation sites (tertiary alicyclic amines) is 1. The molecular weight excluding hydrogens is 569 g/mol. The normalized spacial score (nSPS) is 18.7. The zero-order valence-electron chi connectivity index (χ0n) is 23.2. The summed E-state index contributed by atoms with van der Waals surface area (Å²) in [5.74, 6) is -2.48. The number of halogens is 5. The number of amides is 2. The van der Waals surface area contributed by atoms with Crippen LogP contribution in [0.15, 0.2) is 60.9 Å². The SMILES string of the molecule is Cc1ccc2c(c1F)N(C1CCN(C(=O)c3cc(-c4cccnc4)n(-c4ccc(F)c(C(F)(F)F)c4)n3)C(C)C1)C(=O)C2. The summed E-state index contributed by atoms with van der Waals surface area (Å²) < 4.78 is 70.8. The van der Waals surface area contributed by atoms with Crippen molar-refractivity contribution < 1.29 is 31.5 Å². The van der Waals surface area contributed by atoms with Gasteiger partial charge in [0.25, 0.3) is 5.91 Å². The van der Waals surface area contributed by atoms with Crippen LogP contribution < -0.4 is 4.90 Å². The lowest BCUT2D eigenvalue weighted by molar-refractivity contribution is -0.140. The molecule has 2 aromatic carbocycles. The number of aromatic nitrogens is 3. The van der Waals surface area contributed by atoms with Gasteiger partial charge in [-0.1, -0.05) is 12.1 Å².